The molecule has 0 radical (unpaired) electrons. The molecule has 0 spiro atoms. The highest BCUT2D eigenvalue weighted by molar-refractivity contribution is 7.18. The lowest BCUT2D eigenvalue weighted by Crippen LogP contribution is -2.11. The van der Waals surface area contributed by atoms with E-state index in [1.807, 2.05) is 32.0 Å². The van der Waals surface area contributed by atoms with Crippen LogP contribution in [0, 0.1) is 11.3 Å². The molecule has 3 rings (SSSR count). The SMILES string of the molecule is CC(C)c1ccc(C(=O)[C@@H](C#N)c2nc3ccc(C(F)(F)F)cc3s2)cc1. The third-order valence-corrected chi connectivity index (χ3v) is 5.32. The minimum Gasteiger partial charge on any atom is -0.292 e. The molecule has 1 aromatic heterocycles. The van der Waals surface area contributed by atoms with Crippen molar-refractivity contribution in [3.05, 3.63) is 64.2 Å². The summed E-state index contributed by atoms with van der Waals surface area (Å²) >= 11 is 0.937. The van der Waals surface area contributed by atoms with E-state index in [4.69, 9.17) is 0 Å². The van der Waals surface area contributed by atoms with Gasteiger partial charge in [0.15, 0.2) is 11.7 Å². The number of fused-ring (bicyclic) bond motifs is 1. The smallest absolute Gasteiger partial charge is 0.292 e. The van der Waals surface area contributed by atoms with Crippen molar-refractivity contribution in [2.75, 3.05) is 0 Å². The fourth-order valence-electron chi connectivity index (χ4n) is 2.67. The summed E-state index contributed by atoms with van der Waals surface area (Å²) in [5, 5.41) is 9.68. The van der Waals surface area contributed by atoms with Crippen LogP contribution in [0.1, 0.15) is 52.2 Å². The van der Waals surface area contributed by atoms with E-state index in [0.717, 1.165) is 29.0 Å². The highest BCUT2D eigenvalue weighted by Gasteiger charge is 2.31. The Kier molecular flexibility index (Phi) is 5.03. The fourth-order valence-corrected chi connectivity index (χ4v) is 3.72. The van der Waals surface area contributed by atoms with Gasteiger partial charge in [0.1, 0.15) is 5.01 Å². The second-order valence-electron chi connectivity index (χ2n) is 6.44. The Morgan fingerprint density at radius 1 is 1.15 bits per heavy atom. The molecule has 0 saturated carbocycles. The first kappa shape index (κ1) is 19.1. The number of thiazole rings is 1. The maximum Gasteiger partial charge on any atom is 0.416 e. The zero-order valence-corrected chi connectivity index (χ0v) is 15.4. The number of hydrogen-bond acceptors (Lipinski definition) is 4. The third kappa shape index (κ3) is 3.86. The Bertz CT molecular complexity index is 1030. The average Bonchev–Trinajstić information content (AvgIpc) is 3.04. The fraction of sp³-hybridized carbons (Fsp3) is 0.250. The quantitative estimate of drug-likeness (QED) is 0.521. The van der Waals surface area contributed by atoms with Gasteiger partial charge in [0, 0.05) is 5.56 Å². The first-order valence-corrected chi connectivity index (χ1v) is 9.04. The molecule has 0 fully saturated rings. The van der Waals surface area contributed by atoms with Crippen molar-refractivity contribution in [3.63, 3.8) is 0 Å². The average molecular weight is 388 g/mol. The van der Waals surface area contributed by atoms with Crippen LogP contribution in [0.25, 0.3) is 10.2 Å². The summed E-state index contributed by atoms with van der Waals surface area (Å²) in [6, 6.07) is 12.1. The van der Waals surface area contributed by atoms with E-state index in [1.165, 1.54) is 6.07 Å². The number of rotatable bonds is 4. The van der Waals surface area contributed by atoms with Crippen LogP contribution in [-0.4, -0.2) is 10.8 Å². The zero-order chi connectivity index (χ0) is 19.8. The molecule has 1 atom stereocenters. The molecule has 0 aliphatic heterocycles. The lowest BCUT2D eigenvalue weighted by Gasteiger charge is -2.08. The molecule has 3 aromatic rings. The van der Waals surface area contributed by atoms with E-state index in [-0.39, 0.29) is 5.01 Å². The highest BCUT2D eigenvalue weighted by atomic mass is 32.1. The summed E-state index contributed by atoms with van der Waals surface area (Å²) in [6.45, 7) is 4.07. The summed E-state index contributed by atoms with van der Waals surface area (Å²) in [6.07, 6.45) is -4.46. The van der Waals surface area contributed by atoms with Crippen molar-refractivity contribution in [2.24, 2.45) is 0 Å². The van der Waals surface area contributed by atoms with Gasteiger partial charge in [-0.1, -0.05) is 38.1 Å². The number of Topliss-reactive ketones (excluding diaryl/α,β-unsaturated/α-hetero) is 1. The van der Waals surface area contributed by atoms with Gasteiger partial charge in [0.25, 0.3) is 0 Å². The molecule has 0 bridgehead atoms. The first-order valence-electron chi connectivity index (χ1n) is 8.22. The van der Waals surface area contributed by atoms with E-state index in [1.54, 1.807) is 12.1 Å². The van der Waals surface area contributed by atoms with E-state index in [2.05, 4.69) is 4.98 Å². The number of nitriles is 1. The lowest BCUT2D eigenvalue weighted by atomic mass is 9.96. The van der Waals surface area contributed by atoms with Crippen molar-refractivity contribution >= 4 is 27.3 Å². The van der Waals surface area contributed by atoms with Crippen LogP contribution >= 0.6 is 11.3 Å². The Balaban J connectivity index is 1.95. The largest absolute Gasteiger partial charge is 0.416 e. The van der Waals surface area contributed by atoms with E-state index in [9.17, 15) is 23.2 Å². The van der Waals surface area contributed by atoms with Gasteiger partial charge in [-0.25, -0.2) is 4.98 Å². The summed E-state index contributed by atoms with van der Waals surface area (Å²) < 4.78 is 38.9. The van der Waals surface area contributed by atoms with Crippen molar-refractivity contribution in [2.45, 2.75) is 31.9 Å². The van der Waals surface area contributed by atoms with Crippen LogP contribution in [0.2, 0.25) is 0 Å². The maximum atomic E-state index is 12.9. The topological polar surface area (TPSA) is 53.8 Å². The van der Waals surface area contributed by atoms with E-state index < -0.39 is 23.4 Å². The van der Waals surface area contributed by atoms with Gasteiger partial charge in [-0.2, -0.15) is 18.4 Å². The van der Waals surface area contributed by atoms with Gasteiger partial charge in [0.2, 0.25) is 0 Å². The number of hydrogen-bond donors (Lipinski definition) is 0. The monoisotopic (exact) mass is 388 g/mol. The van der Waals surface area contributed by atoms with Crippen LogP contribution in [0.5, 0.6) is 0 Å². The molecular formula is C20H15F3N2OS. The molecule has 2 aromatic carbocycles. The van der Waals surface area contributed by atoms with E-state index in [0.29, 0.717) is 21.7 Å². The minimum absolute atomic E-state index is 0.199. The number of alkyl halides is 3. The molecule has 7 heteroatoms. The van der Waals surface area contributed by atoms with Gasteiger partial charge < -0.3 is 0 Å². The Morgan fingerprint density at radius 2 is 1.81 bits per heavy atom. The van der Waals surface area contributed by atoms with Gasteiger partial charge in [0.05, 0.1) is 21.8 Å². The Morgan fingerprint density at radius 3 is 2.37 bits per heavy atom. The summed E-state index contributed by atoms with van der Waals surface area (Å²) in [7, 11) is 0. The predicted molar refractivity (Wildman–Crippen MR) is 97.8 cm³/mol. The van der Waals surface area contributed by atoms with Crippen molar-refractivity contribution < 1.29 is 18.0 Å². The van der Waals surface area contributed by atoms with Crippen LogP contribution < -0.4 is 0 Å². The zero-order valence-electron chi connectivity index (χ0n) is 14.5. The summed E-state index contributed by atoms with van der Waals surface area (Å²) in [4.78, 5) is 16.9. The third-order valence-electron chi connectivity index (χ3n) is 4.23. The number of halogens is 3. The van der Waals surface area contributed by atoms with Crippen molar-refractivity contribution in [3.8, 4) is 6.07 Å². The number of aromatic nitrogens is 1. The highest BCUT2D eigenvalue weighted by Crippen LogP contribution is 2.35. The Labute approximate surface area is 158 Å². The second-order valence-corrected chi connectivity index (χ2v) is 7.50. The van der Waals surface area contributed by atoms with E-state index >= 15 is 0 Å². The van der Waals surface area contributed by atoms with Crippen LogP contribution in [0.3, 0.4) is 0 Å². The molecule has 0 amide bonds. The molecule has 138 valence electrons. The lowest BCUT2D eigenvalue weighted by molar-refractivity contribution is -0.137. The first-order chi connectivity index (χ1) is 12.7. The normalized spacial score (nSPS) is 12.9. The minimum atomic E-state index is -4.46. The second kappa shape index (κ2) is 7.12. The van der Waals surface area contributed by atoms with Crippen LogP contribution in [0.4, 0.5) is 13.2 Å². The van der Waals surface area contributed by atoms with Crippen LogP contribution in [0.15, 0.2) is 42.5 Å². The molecule has 27 heavy (non-hydrogen) atoms. The molecule has 0 aliphatic rings. The Hall–Kier alpha value is -2.72. The van der Waals surface area contributed by atoms with Crippen molar-refractivity contribution in [1.29, 1.82) is 5.26 Å². The molecule has 0 unspecified atom stereocenters. The van der Waals surface area contributed by atoms with Gasteiger partial charge in [-0.15, -0.1) is 11.3 Å². The number of carbonyl (C=O) groups excluding carboxylic acids is 1. The molecule has 1 heterocycles. The molecule has 3 nitrogen and oxygen atoms in total. The standard InChI is InChI=1S/C20H15F3N2OS/c1-11(2)12-3-5-13(6-4-12)18(26)15(10-24)19-25-16-8-7-14(20(21,22)23)9-17(16)27-19/h3-9,11,15H,1-2H3/t15-/m1/s1. The predicted octanol–water partition coefficient (Wildman–Crippen LogP) is 5.93. The number of carbonyl (C=O) groups is 1. The number of benzene rings is 2. The van der Waals surface area contributed by atoms with Crippen molar-refractivity contribution in [1.82, 2.24) is 4.98 Å². The molecule has 0 N–H and O–H groups in total. The van der Waals surface area contributed by atoms with Crippen LogP contribution in [-0.2, 0) is 6.18 Å². The summed E-state index contributed by atoms with van der Waals surface area (Å²) in [5.41, 5.74) is 1.00. The van der Waals surface area contributed by atoms with Gasteiger partial charge >= 0.3 is 6.18 Å². The van der Waals surface area contributed by atoms with Gasteiger partial charge in [-0.3, -0.25) is 4.79 Å². The molecular weight excluding hydrogens is 373 g/mol. The maximum absolute atomic E-state index is 12.9. The number of ketones is 1. The molecule has 0 aliphatic carbocycles. The molecule has 0 saturated heterocycles. The van der Waals surface area contributed by atoms with Gasteiger partial charge in [-0.05, 0) is 29.7 Å². The summed E-state index contributed by atoms with van der Waals surface area (Å²) in [5.74, 6) is -1.25. The number of nitrogens with zero attached hydrogens (tertiary/aromatic N) is 2.